The number of halogens is 3. The van der Waals surface area contributed by atoms with Gasteiger partial charge in [-0.05, 0) is 18.2 Å². The van der Waals surface area contributed by atoms with E-state index in [0.717, 1.165) is 12.8 Å². The maximum atomic E-state index is 12.8. The van der Waals surface area contributed by atoms with Gasteiger partial charge in [-0.25, -0.2) is 5.09 Å². The second kappa shape index (κ2) is 7.09. The third-order valence-electron chi connectivity index (χ3n) is 1.49. The van der Waals surface area contributed by atoms with Gasteiger partial charge in [-0.15, -0.1) is 11.6 Å². The first-order valence-corrected chi connectivity index (χ1v) is 7.62. The van der Waals surface area contributed by atoms with Crippen molar-refractivity contribution in [1.82, 2.24) is 5.09 Å². The first-order valence-electron chi connectivity index (χ1n) is 4.44. The van der Waals surface area contributed by atoms with Crippen molar-refractivity contribution in [3.63, 3.8) is 0 Å². The smallest absolute Gasteiger partial charge is 0.321 e. The van der Waals surface area contributed by atoms with Crippen molar-refractivity contribution in [2.45, 2.75) is 25.9 Å². The highest BCUT2D eigenvalue weighted by atomic mass is 35.5. The van der Waals surface area contributed by atoms with Crippen LogP contribution in [0, 0.1) is 0 Å². The zero-order valence-corrected chi connectivity index (χ0v) is 11.1. The van der Waals surface area contributed by atoms with Crippen LogP contribution >= 0.6 is 18.2 Å². The molecule has 0 aliphatic heterocycles. The molecule has 92 valence electrons. The molecule has 0 aromatic carbocycles. The molecule has 0 fully saturated rings. The molecule has 1 atom stereocenters. The summed E-state index contributed by atoms with van der Waals surface area (Å²) in [4.78, 5) is 0. The molecule has 0 rings (SSSR count). The van der Waals surface area contributed by atoms with Gasteiger partial charge in [-0.3, -0.25) is 4.52 Å². The number of hydrogen-bond donors (Lipinski definition) is 1. The van der Waals surface area contributed by atoms with E-state index < -0.39 is 18.6 Å². The summed E-state index contributed by atoms with van der Waals surface area (Å²) in [5.41, 5.74) is 0. The highest BCUT2D eigenvalue weighted by Crippen LogP contribution is 2.48. The Morgan fingerprint density at radius 2 is 2.13 bits per heavy atom. The lowest BCUT2D eigenvalue weighted by Gasteiger charge is -2.25. The number of nitrogens with one attached hydrogen (secondary N) is 1. The van der Waals surface area contributed by atoms with Crippen LogP contribution in [0.25, 0.3) is 0 Å². The Balaban J connectivity index is 4.25. The molecule has 0 saturated heterocycles. The summed E-state index contributed by atoms with van der Waals surface area (Å²) in [5.74, 6) is -0.940. The largest absolute Gasteiger partial charge is 0.375 e. The summed E-state index contributed by atoms with van der Waals surface area (Å²) in [5, 5.41) is 2.68. The predicted octanol–water partition coefficient (Wildman–Crippen LogP) is 3.10. The van der Waals surface area contributed by atoms with Crippen LogP contribution in [0.5, 0.6) is 0 Å². The quantitative estimate of drug-likeness (QED) is 0.421. The Kier molecular flexibility index (Phi) is 7.41. The normalized spacial score (nSPS) is 16.3. The van der Waals surface area contributed by atoms with Crippen LogP contribution in [0.15, 0.2) is 0 Å². The molecule has 0 aliphatic carbocycles. The fraction of sp³-hybridized carbons (Fsp3) is 1.00. The predicted molar refractivity (Wildman–Crippen MR) is 61.0 cm³/mol. The molecule has 8 heteroatoms. The van der Waals surface area contributed by atoms with Gasteiger partial charge in [0.15, 0.2) is 0 Å². The standard InChI is InChI=1S/C7H15ClF2NO2PS/c1-3-4-5-11-14(15,12-2)13-7(9,10)6-8/h3-6H2,1-2H3,(H,11,15). The first-order chi connectivity index (χ1) is 6.89. The molecule has 0 radical (unpaired) electrons. The van der Waals surface area contributed by atoms with E-state index in [1.54, 1.807) is 0 Å². The molecule has 0 aromatic rings. The number of rotatable bonds is 8. The molecule has 0 heterocycles. The van der Waals surface area contributed by atoms with Gasteiger partial charge in [0.2, 0.25) is 0 Å². The van der Waals surface area contributed by atoms with E-state index in [4.69, 9.17) is 27.9 Å². The second-order valence-electron chi connectivity index (χ2n) is 2.80. The van der Waals surface area contributed by atoms with Crippen LogP contribution in [0.2, 0.25) is 0 Å². The van der Waals surface area contributed by atoms with Crippen LogP contribution < -0.4 is 5.09 Å². The minimum Gasteiger partial charge on any atom is -0.321 e. The first kappa shape index (κ1) is 15.7. The average Bonchev–Trinajstić information content (AvgIpc) is 2.18. The maximum absolute atomic E-state index is 12.8. The Morgan fingerprint density at radius 1 is 1.53 bits per heavy atom. The van der Waals surface area contributed by atoms with Gasteiger partial charge in [0.05, 0.1) is 0 Å². The summed E-state index contributed by atoms with van der Waals surface area (Å²) in [7, 11) is 1.24. The van der Waals surface area contributed by atoms with Gasteiger partial charge in [-0.1, -0.05) is 13.3 Å². The molecule has 1 N–H and O–H groups in total. The number of unbranched alkanes of at least 4 members (excludes halogenated alkanes) is 1. The van der Waals surface area contributed by atoms with Gasteiger partial charge in [0.1, 0.15) is 5.88 Å². The minimum absolute atomic E-state index is 0.486. The molecule has 0 bridgehead atoms. The topological polar surface area (TPSA) is 30.5 Å². The number of alkyl halides is 3. The van der Waals surface area contributed by atoms with Crippen molar-refractivity contribution < 1.29 is 17.8 Å². The highest BCUT2D eigenvalue weighted by Gasteiger charge is 2.36. The molecule has 0 aromatic heterocycles. The van der Waals surface area contributed by atoms with Crippen molar-refractivity contribution in [2.24, 2.45) is 0 Å². The van der Waals surface area contributed by atoms with Crippen LogP contribution in [0.3, 0.4) is 0 Å². The maximum Gasteiger partial charge on any atom is 0.375 e. The fourth-order valence-electron chi connectivity index (χ4n) is 0.727. The van der Waals surface area contributed by atoms with Crippen LogP contribution in [-0.4, -0.2) is 25.6 Å². The molecule has 0 amide bonds. The number of hydrogen-bond acceptors (Lipinski definition) is 3. The zero-order chi connectivity index (χ0) is 11.9. The van der Waals surface area contributed by atoms with Crippen LogP contribution in [-0.2, 0) is 20.9 Å². The third-order valence-corrected chi connectivity index (χ3v) is 4.45. The van der Waals surface area contributed by atoms with Crippen molar-refractivity contribution >= 4 is 30.1 Å². The molecule has 1 unspecified atom stereocenters. The van der Waals surface area contributed by atoms with E-state index in [2.05, 4.69) is 9.61 Å². The lowest BCUT2D eigenvalue weighted by Crippen LogP contribution is -2.26. The van der Waals surface area contributed by atoms with Gasteiger partial charge >= 0.3 is 6.11 Å². The lowest BCUT2D eigenvalue weighted by atomic mass is 10.3. The van der Waals surface area contributed by atoms with Crippen molar-refractivity contribution in [2.75, 3.05) is 19.5 Å². The molecule has 3 nitrogen and oxygen atoms in total. The monoisotopic (exact) mass is 281 g/mol. The van der Waals surface area contributed by atoms with E-state index in [-0.39, 0.29) is 0 Å². The summed E-state index contributed by atoms with van der Waals surface area (Å²) >= 11 is 9.88. The SMILES string of the molecule is CCCCNP(=S)(OC)OC(F)(F)CCl. The zero-order valence-electron chi connectivity index (χ0n) is 8.63. The Labute approximate surface area is 98.7 Å². The molecule has 0 saturated carbocycles. The molecular weight excluding hydrogens is 267 g/mol. The van der Waals surface area contributed by atoms with Crippen LogP contribution in [0.4, 0.5) is 8.78 Å². The van der Waals surface area contributed by atoms with Crippen molar-refractivity contribution in [3.8, 4) is 0 Å². The Bertz CT molecular complexity index is 233. The molecular formula is C7H15ClF2NO2PS. The van der Waals surface area contributed by atoms with Crippen LogP contribution in [0.1, 0.15) is 19.8 Å². The van der Waals surface area contributed by atoms with E-state index in [1.807, 2.05) is 6.92 Å². The second-order valence-corrected chi connectivity index (χ2v) is 6.37. The molecule has 0 aliphatic rings. The van der Waals surface area contributed by atoms with E-state index >= 15 is 0 Å². The highest BCUT2D eigenvalue weighted by molar-refractivity contribution is 8.08. The van der Waals surface area contributed by atoms with Gasteiger partial charge < -0.3 is 4.52 Å². The lowest BCUT2D eigenvalue weighted by molar-refractivity contribution is -0.156. The van der Waals surface area contributed by atoms with Crippen molar-refractivity contribution in [3.05, 3.63) is 0 Å². The third kappa shape index (κ3) is 6.76. The molecule has 0 spiro atoms. The van der Waals surface area contributed by atoms with E-state index in [1.165, 1.54) is 7.11 Å². The Hall–Kier alpha value is 0.680. The van der Waals surface area contributed by atoms with Gasteiger partial charge in [-0.2, -0.15) is 8.78 Å². The van der Waals surface area contributed by atoms with Crippen molar-refractivity contribution in [1.29, 1.82) is 0 Å². The van der Waals surface area contributed by atoms with Gasteiger partial charge in [0, 0.05) is 13.7 Å². The minimum atomic E-state index is -3.45. The summed E-state index contributed by atoms with van der Waals surface area (Å²) in [6.45, 7) is -0.655. The van der Waals surface area contributed by atoms with Gasteiger partial charge in [0.25, 0.3) is 6.64 Å². The molecule has 15 heavy (non-hydrogen) atoms. The fourth-order valence-corrected chi connectivity index (χ4v) is 2.58. The summed E-state index contributed by atoms with van der Waals surface area (Å²) in [6, 6.07) is 0. The van der Waals surface area contributed by atoms with E-state index in [0.29, 0.717) is 6.54 Å². The average molecular weight is 282 g/mol. The Morgan fingerprint density at radius 3 is 2.53 bits per heavy atom. The summed E-state index contributed by atoms with van der Waals surface area (Å²) < 4.78 is 34.8. The summed E-state index contributed by atoms with van der Waals surface area (Å²) in [6.07, 6.45) is -1.71. The van der Waals surface area contributed by atoms with E-state index in [9.17, 15) is 8.78 Å².